The molecule has 5 amide bonds. The summed E-state index contributed by atoms with van der Waals surface area (Å²) in [6, 6.07) is -1.03. The van der Waals surface area contributed by atoms with Crippen molar-refractivity contribution in [3.63, 3.8) is 0 Å². The molecule has 250 valence electrons. The number of rotatable bonds is 23. The van der Waals surface area contributed by atoms with E-state index in [9.17, 15) is 53.7 Å². The molecule has 2 heterocycles. The second-order valence-electron chi connectivity index (χ2n) is 10.8. The summed E-state index contributed by atoms with van der Waals surface area (Å²) in [6.07, 6.45) is 1.48. The van der Waals surface area contributed by atoms with Gasteiger partial charge in [-0.3, -0.25) is 53.1 Å². The minimum absolute atomic E-state index is 0.00287. The van der Waals surface area contributed by atoms with Crippen molar-refractivity contribution in [2.24, 2.45) is 0 Å². The third-order valence-corrected chi connectivity index (χ3v) is 8.50. The maximum atomic E-state index is 12.7. The maximum absolute atomic E-state index is 12.7. The van der Waals surface area contributed by atoms with Gasteiger partial charge in [-0.25, -0.2) is 0 Å². The summed E-state index contributed by atoms with van der Waals surface area (Å²) in [4.78, 5) is 99.9. The fourth-order valence-electron chi connectivity index (χ4n) is 4.81. The van der Waals surface area contributed by atoms with Gasteiger partial charge in [0, 0.05) is 76.2 Å². The summed E-state index contributed by atoms with van der Waals surface area (Å²) < 4.78 is 0. The van der Waals surface area contributed by atoms with Crippen LogP contribution in [0.1, 0.15) is 51.9 Å². The molecular weight excluding hydrogens is 612 g/mol. The topological polar surface area (TPSA) is 219 Å². The number of carbonyl (C=O) groups excluding carboxylic acids is 8. The van der Waals surface area contributed by atoms with Crippen LogP contribution in [0.2, 0.25) is 0 Å². The standard InChI is InChI=1S/C29H42N4O11S/c1-19(36)17-31(13-14-34)23(18-35)28(43)30-10-15-45-24-16-27(42)33(29(24)44)12-9-22(39)5-3-20(37)2-4-21(38)8-11-32-25(40)6-7-26(32)41/h6-7,20,23-24,34-35,37H,2-5,8-18H2,1H3,(H,30,43). The van der Waals surface area contributed by atoms with Crippen LogP contribution in [-0.4, -0.2) is 146 Å². The molecule has 3 atom stereocenters. The number of nitrogens with one attached hydrogen (secondary N) is 1. The van der Waals surface area contributed by atoms with Crippen molar-refractivity contribution >= 4 is 58.6 Å². The predicted octanol–water partition coefficient (Wildman–Crippen LogP) is -2.03. The molecule has 0 aliphatic carbocycles. The largest absolute Gasteiger partial charge is 0.395 e. The smallest absolute Gasteiger partial charge is 0.253 e. The molecule has 2 aliphatic rings. The highest BCUT2D eigenvalue weighted by molar-refractivity contribution is 8.00. The third kappa shape index (κ3) is 12.5. The van der Waals surface area contributed by atoms with Gasteiger partial charge in [-0.05, 0) is 19.8 Å². The summed E-state index contributed by atoms with van der Waals surface area (Å²) in [7, 11) is 0. The van der Waals surface area contributed by atoms with Gasteiger partial charge in [0.25, 0.3) is 11.8 Å². The van der Waals surface area contributed by atoms with E-state index in [0.717, 1.165) is 22.0 Å². The number of likely N-dealkylation sites (tertiary alicyclic amines) is 1. The molecule has 4 N–H and O–H groups in total. The summed E-state index contributed by atoms with van der Waals surface area (Å²) >= 11 is 1.18. The number of Topliss-reactive ketones (excluding diaryl/α,β-unsaturated/α-hetero) is 3. The van der Waals surface area contributed by atoms with Crippen molar-refractivity contribution < 1.29 is 53.7 Å². The van der Waals surface area contributed by atoms with E-state index in [1.807, 2.05) is 0 Å². The molecule has 1 saturated heterocycles. The molecule has 1 fully saturated rings. The summed E-state index contributed by atoms with van der Waals surface area (Å²) in [5.41, 5.74) is 0. The molecule has 2 aliphatic heterocycles. The second kappa shape index (κ2) is 19.3. The minimum atomic E-state index is -1.03. The lowest BCUT2D eigenvalue weighted by atomic mass is 10.0. The zero-order valence-electron chi connectivity index (χ0n) is 25.4. The van der Waals surface area contributed by atoms with E-state index in [-0.39, 0.29) is 102 Å². The van der Waals surface area contributed by atoms with Crippen LogP contribution in [0.4, 0.5) is 0 Å². The van der Waals surface area contributed by atoms with Gasteiger partial charge in [0.15, 0.2) is 0 Å². The van der Waals surface area contributed by atoms with Crippen LogP contribution in [0.3, 0.4) is 0 Å². The number of hydrogen-bond donors (Lipinski definition) is 4. The number of aliphatic hydroxyl groups is 3. The molecule has 0 saturated carbocycles. The Kier molecular flexibility index (Phi) is 16.2. The predicted molar refractivity (Wildman–Crippen MR) is 160 cm³/mol. The highest BCUT2D eigenvalue weighted by Crippen LogP contribution is 2.25. The van der Waals surface area contributed by atoms with Crippen LogP contribution in [0.5, 0.6) is 0 Å². The van der Waals surface area contributed by atoms with E-state index in [1.165, 1.54) is 23.6 Å². The van der Waals surface area contributed by atoms with Crippen molar-refractivity contribution in [3.8, 4) is 0 Å². The van der Waals surface area contributed by atoms with Crippen molar-refractivity contribution in [2.75, 3.05) is 51.7 Å². The Morgan fingerprint density at radius 2 is 1.53 bits per heavy atom. The lowest BCUT2D eigenvalue weighted by molar-refractivity contribution is -0.139. The van der Waals surface area contributed by atoms with Crippen LogP contribution >= 0.6 is 11.8 Å². The van der Waals surface area contributed by atoms with Gasteiger partial charge in [-0.15, -0.1) is 11.8 Å². The number of carbonyl (C=O) groups is 8. The first-order valence-corrected chi connectivity index (χ1v) is 15.9. The average molecular weight is 655 g/mol. The Morgan fingerprint density at radius 3 is 2.07 bits per heavy atom. The molecule has 0 bridgehead atoms. The van der Waals surface area contributed by atoms with Crippen LogP contribution in [0.25, 0.3) is 0 Å². The molecule has 0 aromatic carbocycles. The van der Waals surface area contributed by atoms with Gasteiger partial charge in [0.1, 0.15) is 23.4 Å². The summed E-state index contributed by atoms with van der Waals surface area (Å²) in [5, 5.41) is 30.9. The fraction of sp³-hybridized carbons (Fsp3) is 0.655. The molecule has 2 rings (SSSR count). The quantitative estimate of drug-likeness (QED) is 0.0691. The number of imide groups is 2. The number of amides is 5. The Balaban J connectivity index is 1.64. The van der Waals surface area contributed by atoms with Crippen LogP contribution in [0.15, 0.2) is 12.2 Å². The molecule has 0 aromatic rings. The van der Waals surface area contributed by atoms with Crippen molar-refractivity contribution in [1.82, 2.24) is 20.0 Å². The Hall–Kier alpha value is -3.31. The molecule has 0 aromatic heterocycles. The monoisotopic (exact) mass is 654 g/mol. The first kappa shape index (κ1) is 37.9. The van der Waals surface area contributed by atoms with Gasteiger partial charge in [-0.2, -0.15) is 0 Å². The number of hydrogen-bond acceptors (Lipinski definition) is 13. The van der Waals surface area contributed by atoms with Crippen LogP contribution in [-0.2, 0) is 38.4 Å². The van der Waals surface area contributed by atoms with E-state index in [2.05, 4.69) is 5.32 Å². The lowest BCUT2D eigenvalue weighted by Crippen LogP contribution is -2.51. The molecule has 0 radical (unpaired) electrons. The third-order valence-electron chi connectivity index (χ3n) is 7.29. The van der Waals surface area contributed by atoms with Gasteiger partial charge >= 0.3 is 0 Å². The maximum Gasteiger partial charge on any atom is 0.253 e. The second-order valence-corrected chi connectivity index (χ2v) is 12.1. The SMILES string of the molecule is CC(=O)CN(CCO)C(CO)C(=O)NCCSC1CC(=O)N(CCC(=O)CCC(O)CCC(=O)CCN2C(=O)C=CC2=O)C1=O. The van der Waals surface area contributed by atoms with Gasteiger partial charge in [-0.1, -0.05) is 0 Å². The first-order chi connectivity index (χ1) is 21.4. The van der Waals surface area contributed by atoms with E-state index in [1.54, 1.807) is 0 Å². The summed E-state index contributed by atoms with van der Waals surface area (Å²) in [6.45, 7) is 0.409. The average Bonchev–Trinajstić information content (AvgIpc) is 3.45. The number of ketones is 3. The van der Waals surface area contributed by atoms with Gasteiger partial charge < -0.3 is 20.6 Å². The number of nitrogens with zero attached hydrogens (tertiary/aromatic N) is 3. The highest BCUT2D eigenvalue weighted by atomic mass is 32.2. The van der Waals surface area contributed by atoms with Crippen LogP contribution in [0, 0.1) is 0 Å². The first-order valence-electron chi connectivity index (χ1n) is 14.8. The zero-order valence-corrected chi connectivity index (χ0v) is 26.2. The zero-order chi connectivity index (χ0) is 33.5. The Morgan fingerprint density at radius 1 is 0.956 bits per heavy atom. The number of thioether (sulfide) groups is 1. The van der Waals surface area contributed by atoms with E-state index < -0.39 is 53.5 Å². The minimum Gasteiger partial charge on any atom is -0.395 e. The lowest BCUT2D eigenvalue weighted by Gasteiger charge is -2.27. The number of aliphatic hydroxyl groups excluding tert-OH is 3. The van der Waals surface area contributed by atoms with Gasteiger partial charge in [0.05, 0.1) is 31.1 Å². The Bertz CT molecular complexity index is 1140. The Labute approximate surface area is 265 Å². The van der Waals surface area contributed by atoms with E-state index in [0.29, 0.717) is 5.75 Å². The summed E-state index contributed by atoms with van der Waals surface area (Å²) in [5.74, 6) is -2.74. The molecule has 15 nitrogen and oxygen atoms in total. The molecule has 45 heavy (non-hydrogen) atoms. The normalized spacial score (nSPS) is 17.8. The highest BCUT2D eigenvalue weighted by Gasteiger charge is 2.38. The molecular formula is C29H42N4O11S. The van der Waals surface area contributed by atoms with Crippen LogP contribution < -0.4 is 5.32 Å². The molecule has 16 heteroatoms. The molecule has 0 spiro atoms. The molecule has 3 unspecified atom stereocenters. The van der Waals surface area contributed by atoms with Crippen molar-refractivity contribution in [3.05, 3.63) is 12.2 Å². The van der Waals surface area contributed by atoms with Crippen molar-refractivity contribution in [2.45, 2.75) is 69.3 Å². The van der Waals surface area contributed by atoms with Crippen molar-refractivity contribution in [1.29, 1.82) is 0 Å². The van der Waals surface area contributed by atoms with Gasteiger partial charge in [0.2, 0.25) is 17.7 Å². The van der Waals surface area contributed by atoms with E-state index >= 15 is 0 Å². The van der Waals surface area contributed by atoms with E-state index in [4.69, 9.17) is 0 Å². The fourth-order valence-corrected chi connectivity index (χ4v) is 5.84.